The number of piperidine rings is 1. The number of likely N-dealkylation sites (N-methyl/N-ethyl adjacent to an activating group) is 1. The fourth-order valence-corrected chi connectivity index (χ4v) is 2.07. The van der Waals surface area contributed by atoms with Crippen LogP contribution in [-0.2, 0) is 0 Å². The van der Waals surface area contributed by atoms with Gasteiger partial charge >= 0.3 is 0 Å². The summed E-state index contributed by atoms with van der Waals surface area (Å²) in [5.74, 6) is 1.75. The van der Waals surface area contributed by atoms with Crippen LogP contribution in [0.1, 0.15) is 12.8 Å². The Morgan fingerprint density at radius 3 is 2.94 bits per heavy atom. The minimum absolute atomic E-state index is 0.498. The van der Waals surface area contributed by atoms with Crippen LogP contribution in [0.5, 0.6) is 0 Å². The molecule has 1 unspecified atom stereocenters. The van der Waals surface area contributed by atoms with Gasteiger partial charge in [0.1, 0.15) is 18.0 Å². The molecule has 1 fully saturated rings. The second kappa shape index (κ2) is 5.12. The summed E-state index contributed by atoms with van der Waals surface area (Å²) in [5.41, 5.74) is 0. The zero-order chi connectivity index (χ0) is 11.4. The molecule has 1 aliphatic heterocycles. The van der Waals surface area contributed by atoms with Crippen LogP contribution < -0.4 is 10.6 Å². The second-order valence-corrected chi connectivity index (χ2v) is 4.28. The van der Waals surface area contributed by atoms with E-state index in [4.69, 9.17) is 0 Å². The molecule has 16 heavy (non-hydrogen) atoms. The van der Waals surface area contributed by atoms with E-state index in [1.54, 1.807) is 6.33 Å². The minimum atomic E-state index is 0.498. The van der Waals surface area contributed by atoms with Gasteiger partial charge in [-0.2, -0.15) is 0 Å². The van der Waals surface area contributed by atoms with Crippen molar-refractivity contribution in [1.29, 1.82) is 0 Å². The molecule has 5 nitrogen and oxygen atoms in total. The highest BCUT2D eigenvalue weighted by atomic mass is 15.2. The van der Waals surface area contributed by atoms with E-state index in [1.807, 2.05) is 13.1 Å². The van der Waals surface area contributed by atoms with Gasteiger partial charge in [-0.15, -0.1) is 0 Å². The Morgan fingerprint density at radius 2 is 2.19 bits per heavy atom. The van der Waals surface area contributed by atoms with Gasteiger partial charge in [-0.3, -0.25) is 0 Å². The lowest BCUT2D eigenvalue weighted by Gasteiger charge is -2.30. The van der Waals surface area contributed by atoms with Gasteiger partial charge in [0, 0.05) is 25.7 Å². The zero-order valence-electron chi connectivity index (χ0n) is 9.90. The maximum Gasteiger partial charge on any atom is 0.131 e. The Morgan fingerprint density at radius 1 is 1.38 bits per heavy atom. The minimum Gasteiger partial charge on any atom is -0.373 e. The number of nitrogens with one attached hydrogen (secondary N) is 2. The van der Waals surface area contributed by atoms with E-state index in [0.717, 1.165) is 18.2 Å². The average molecular weight is 221 g/mol. The highest BCUT2D eigenvalue weighted by molar-refractivity contribution is 5.46. The van der Waals surface area contributed by atoms with Crippen LogP contribution in [-0.4, -0.2) is 48.1 Å². The number of nitrogens with zero attached hydrogens (tertiary/aromatic N) is 3. The molecule has 0 aliphatic carbocycles. The van der Waals surface area contributed by atoms with E-state index in [2.05, 4.69) is 32.5 Å². The summed E-state index contributed by atoms with van der Waals surface area (Å²) < 4.78 is 0. The third-order valence-electron chi connectivity index (χ3n) is 2.90. The first-order valence-corrected chi connectivity index (χ1v) is 5.73. The predicted molar refractivity (Wildman–Crippen MR) is 65.7 cm³/mol. The van der Waals surface area contributed by atoms with Crippen LogP contribution in [0.15, 0.2) is 12.4 Å². The Balaban J connectivity index is 1.97. The van der Waals surface area contributed by atoms with Crippen LogP contribution in [0.25, 0.3) is 0 Å². The smallest absolute Gasteiger partial charge is 0.131 e. The Kier molecular flexibility index (Phi) is 3.56. The zero-order valence-corrected chi connectivity index (χ0v) is 9.90. The molecule has 1 aromatic rings. The summed E-state index contributed by atoms with van der Waals surface area (Å²) in [6.45, 7) is 2.28. The Labute approximate surface area is 96.3 Å². The third kappa shape index (κ3) is 2.82. The first-order chi connectivity index (χ1) is 7.78. The van der Waals surface area contributed by atoms with Crippen LogP contribution in [0, 0.1) is 0 Å². The molecule has 0 aromatic carbocycles. The van der Waals surface area contributed by atoms with Gasteiger partial charge < -0.3 is 15.5 Å². The van der Waals surface area contributed by atoms with E-state index < -0.39 is 0 Å². The summed E-state index contributed by atoms with van der Waals surface area (Å²) in [4.78, 5) is 10.7. The van der Waals surface area contributed by atoms with Crippen molar-refractivity contribution in [1.82, 2.24) is 14.9 Å². The molecule has 0 saturated carbocycles. The normalized spacial score (nSPS) is 21.8. The first-order valence-electron chi connectivity index (χ1n) is 5.73. The molecule has 2 rings (SSSR count). The van der Waals surface area contributed by atoms with Crippen LogP contribution >= 0.6 is 0 Å². The van der Waals surface area contributed by atoms with E-state index in [9.17, 15) is 0 Å². The number of hydrogen-bond acceptors (Lipinski definition) is 5. The quantitative estimate of drug-likeness (QED) is 0.798. The highest BCUT2D eigenvalue weighted by Crippen LogP contribution is 2.14. The fourth-order valence-electron chi connectivity index (χ4n) is 2.07. The lowest BCUT2D eigenvalue weighted by molar-refractivity contribution is 0.261. The monoisotopic (exact) mass is 221 g/mol. The molecule has 2 heterocycles. The van der Waals surface area contributed by atoms with Gasteiger partial charge in [-0.25, -0.2) is 9.97 Å². The fraction of sp³-hybridized carbons (Fsp3) is 0.636. The predicted octanol–water partition coefficient (Wildman–Crippen LogP) is 1.02. The molecule has 0 radical (unpaired) electrons. The Bertz CT molecular complexity index is 341. The second-order valence-electron chi connectivity index (χ2n) is 4.28. The lowest BCUT2D eigenvalue weighted by Crippen LogP contribution is -2.39. The molecule has 1 aliphatic rings. The molecule has 1 atom stereocenters. The van der Waals surface area contributed by atoms with Gasteiger partial charge in [0.05, 0.1) is 0 Å². The summed E-state index contributed by atoms with van der Waals surface area (Å²) in [6, 6.07) is 2.44. The van der Waals surface area contributed by atoms with Crippen molar-refractivity contribution in [2.75, 3.05) is 37.8 Å². The number of hydrogen-bond donors (Lipinski definition) is 2. The van der Waals surface area contributed by atoms with Gasteiger partial charge in [-0.1, -0.05) is 0 Å². The number of anilines is 2. The molecule has 88 valence electrons. The van der Waals surface area contributed by atoms with Gasteiger partial charge in [-0.05, 0) is 26.4 Å². The lowest BCUT2D eigenvalue weighted by atomic mass is 10.1. The number of likely N-dealkylation sites (tertiary alicyclic amines) is 1. The van der Waals surface area contributed by atoms with Crippen molar-refractivity contribution in [3.63, 3.8) is 0 Å². The molecule has 1 aromatic heterocycles. The van der Waals surface area contributed by atoms with Gasteiger partial charge in [0.25, 0.3) is 0 Å². The summed E-state index contributed by atoms with van der Waals surface area (Å²) in [5, 5.41) is 6.47. The highest BCUT2D eigenvalue weighted by Gasteiger charge is 2.17. The van der Waals surface area contributed by atoms with E-state index in [0.29, 0.717) is 6.04 Å². The Hall–Kier alpha value is -1.36. The van der Waals surface area contributed by atoms with Crippen LogP contribution in [0.3, 0.4) is 0 Å². The van der Waals surface area contributed by atoms with E-state index in [1.165, 1.54) is 19.4 Å². The molecule has 2 N–H and O–H groups in total. The van der Waals surface area contributed by atoms with E-state index >= 15 is 0 Å². The summed E-state index contributed by atoms with van der Waals surface area (Å²) in [7, 11) is 4.02. The van der Waals surface area contributed by atoms with Gasteiger partial charge in [0.15, 0.2) is 0 Å². The molecule has 0 amide bonds. The SMILES string of the molecule is CNc1cc(NC2CCCN(C)C2)ncn1. The topological polar surface area (TPSA) is 53.1 Å². The number of rotatable bonds is 3. The molecule has 0 bridgehead atoms. The maximum absolute atomic E-state index is 4.23. The van der Waals surface area contributed by atoms with Crippen molar-refractivity contribution < 1.29 is 0 Å². The van der Waals surface area contributed by atoms with Crippen LogP contribution in [0.4, 0.5) is 11.6 Å². The first kappa shape index (κ1) is 11.1. The molecule has 5 heteroatoms. The van der Waals surface area contributed by atoms with Crippen LogP contribution in [0.2, 0.25) is 0 Å². The largest absolute Gasteiger partial charge is 0.373 e. The average Bonchev–Trinajstić information content (AvgIpc) is 2.29. The standard InChI is InChI=1S/C11H19N5/c1-12-10-6-11(14-8-13-10)15-9-4-3-5-16(2)7-9/h6,8-9H,3-5,7H2,1-2H3,(H2,12,13,14,15). The molecule has 0 spiro atoms. The van der Waals surface area contributed by atoms with Crippen molar-refractivity contribution >= 4 is 11.6 Å². The summed E-state index contributed by atoms with van der Waals surface area (Å²) >= 11 is 0. The molecular weight excluding hydrogens is 202 g/mol. The van der Waals surface area contributed by atoms with Crippen molar-refractivity contribution in [3.8, 4) is 0 Å². The maximum atomic E-state index is 4.23. The van der Waals surface area contributed by atoms with Crippen molar-refractivity contribution in [3.05, 3.63) is 12.4 Å². The third-order valence-corrected chi connectivity index (χ3v) is 2.90. The van der Waals surface area contributed by atoms with E-state index in [-0.39, 0.29) is 0 Å². The molecule has 1 saturated heterocycles. The van der Waals surface area contributed by atoms with Crippen molar-refractivity contribution in [2.24, 2.45) is 0 Å². The van der Waals surface area contributed by atoms with Gasteiger partial charge in [0.2, 0.25) is 0 Å². The number of aromatic nitrogens is 2. The van der Waals surface area contributed by atoms with Crippen molar-refractivity contribution in [2.45, 2.75) is 18.9 Å². The summed E-state index contributed by atoms with van der Waals surface area (Å²) in [6.07, 6.45) is 4.04. The molecular formula is C11H19N5.